The largest absolute Gasteiger partial charge is 0.357 e. The van der Waals surface area contributed by atoms with Crippen molar-refractivity contribution in [3.05, 3.63) is 35.4 Å². The Morgan fingerprint density at radius 3 is 2.39 bits per heavy atom. The topological polar surface area (TPSA) is 60.0 Å². The minimum absolute atomic E-state index is 0.156. The second-order valence-electron chi connectivity index (χ2n) is 8.46. The fourth-order valence-corrected chi connectivity index (χ4v) is 3.99. The fraction of sp³-hybridized carbons (Fsp3) is 0.680. The fourth-order valence-electron chi connectivity index (χ4n) is 3.99. The van der Waals surface area contributed by atoms with Crippen molar-refractivity contribution in [3.63, 3.8) is 0 Å². The Kier molecular flexibility index (Phi) is 11.4. The lowest BCUT2D eigenvalue weighted by Crippen LogP contribution is -2.42. The van der Waals surface area contributed by atoms with Crippen molar-refractivity contribution >= 4 is 11.9 Å². The molecule has 1 aliphatic rings. The van der Waals surface area contributed by atoms with Gasteiger partial charge in [0.15, 0.2) is 5.96 Å². The number of aliphatic imine (C=N–C) groups is 1. The van der Waals surface area contributed by atoms with Crippen molar-refractivity contribution in [2.75, 3.05) is 39.3 Å². The number of carbonyl (C=O) groups excluding carboxylic acids is 1. The van der Waals surface area contributed by atoms with Gasteiger partial charge < -0.3 is 20.4 Å². The summed E-state index contributed by atoms with van der Waals surface area (Å²) < 4.78 is 0. The molecule has 0 aromatic heterocycles. The summed E-state index contributed by atoms with van der Waals surface area (Å²) in [5.41, 5.74) is 1.89. The molecule has 1 heterocycles. The summed E-state index contributed by atoms with van der Waals surface area (Å²) in [5.74, 6) is 1.01. The number of piperidine rings is 1. The van der Waals surface area contributed by atoms with Crippen LogP contribution in [0.2, 0.25) is 0 Å². The van der Waals surface area contributed by atoms with E-state index in [1.807, 2.05) is 29.2 Å². The van der Waals surface area contributed by atoms with E-state index in [-0.39, 0.29) is 5.91 Å². The molecule has 6 nitrogen and oxygen atoms in total. The third-order valence-electron chi connectivity index (χ3n) is 6.00. The predicted molar refractivity (Wildman–Crippen MR) is 131 cm³/mol. The van der Waals surface area contributed by atoms with Gasteiger partial charge in [-0.3, -0.25) is 4.79 Å². The van der Waals surface area contributed by atoms with E-state index in [9.17, 15) is 4.79 Å². The summed E-state index contributed by atoms with van der Waals surface area (Å²) in [5, 5.41) is 6.88. The van der Waals surface area contributed by atoms with Crippen molar-refractivity contribution in [2.45, 2.75) is 72.4 Å². The van der Waals surface area contributed by atoms with Crippen LogP contribution in [-0.4, -0.2) is 67.0 Å². The smallest absolute Gasteiger partial charge is 0.253 e. The van der Waals surface area contributed by atoms with E-state index in [0.717, 1.165) is 75.6 Å². The van der Waals surface area contributed by atoms with Crippen LogP contribution in [0.1, 0.15) is 75.7 Å². The average molecular weight is 430 g/mol. The monoisotopic (exact) mass is 429 g/mol. The van der Waals surface area contributed by atoms with Crippen LogP contribution >= 0.6 is 0 Å². The molecule has 1 saturated heterocycles. The predicted octanol–water partition coefficient (Wildman–Crippen LogP) is 3.88. The Hall–Kier alpha value is -2.08. The molecule has 1 aromatic carbocycles. The van der Waals surface area contributed by atoms with Crippen LogP contribution in [0.15, 0.2) is 29.3 Å². The van der Waals surface area contributed by atoms with Crippen molar-refractivity contribution in [1.82, 2.24) is 20.4 Å². The van der Waals surface area contributed by atoms with Gasteiger partial charge in [-0.05, 0) is 83.3 Å². The molecule has 2 rings (SSSR count). The van der Waals surface area contributed by atoms with Gasteiger partial charge in [-0.2, -0.15) is 0 Å². The standard InChI is InChI=1S/C25H43N5O/c1-5-26-25(28-21(4)12-11-17-29(6-2)7-3)27-20-22-13-15-23(16-14-22)24(31)30-18-9-8-10-19-30/h13-16,21H,5-12,17-20H2,1-4H3,(H2,26,27,28). The lowest BCUT2D eigenvalue weighted by molar-refractivity contribution is 0.0724. The number of hydrogen-bond donors (Lipinski definition) is 2. The van der Waals surface area contributed by atoms with E-state index in [0.29, 0.717) is 12.6 Å². The summed E-state index contributed by atoms with van der Waals surface area (Å²) in [6, 6.07) is 8.31. The minimum atomic E-state index is 0.156. The molecule has 2 N–H and O–H groups in total. The molecule has 6 heteroatoms. The molecule has 174 valence electrons. The number of rotatable bonds is 11. The van der Waals surface area contributed by atoms with E-state index >= 15 is 0 Å². The normalized spacial score (nSPS) is 15.8. The molecule has 1 atom stereocenters. The third kappa shape index (κ3) is 8.90. The van der Waals surface area contributed by atoms with Gasteiger partial charge in [0, 0.05) is 31.2 Å². The first-order valence-electron chi connectivity index (χ1n) is 12.2. The van der Waals surface area contributed by atoms with E-state index in [4.69, 9.17) is 4.99 Å². The molecule has 1 aromatic rings. The van der Waals surface area contributed by atoms with Gasteiger partial charge >= 0.3 is 0 Å². The van der Waals surface area contributed by atoms with Crippen LogP contribution in [-0.2, 0) is 6.54 Å². The number of benzene rings is 1. The molecule has 0 bridgehead atoms. The van der Waals surface area contributed by atoms with Crippen molar-refractivity contribution < 1.29 is 4.79 Å². The van der Waals surface area contributed by atoms with Crippen LogP contribution < -0.4 is 10.6 Å². The van der Waals surface area contributed by atoms with Crippen LogP contribution in [0.4, 0.5) is 0 Å². The molecule has 1 aliphatic heterocycles. The number of guanidine groups is 1. The molecule has 0 spiro atoms. The Labute approximate surface area is 189 Å². The second kappa shape index (κ2) is 14.1. The SMILES string of the molecule is CCNC(=NCc1ccc(C(=O)N2CCCCC2)cc1)NC(C)CCCN(CC)CC. The molecule has 1 amide bonds. The Bertz CT molecular complexity index is 663. The van der Waals surface area contributed by atoms with Crippen molar-refractivity contribution in [3.8, 4) is 0 Å². The van der Waals surface area contributed by atoms with Crippen molar-refractivity contribution in [1.29, 1.82) is 0 Å². The maximum atomic E-state index is 12.6. The van der Waals surface area contributed by atoms with Gasteiger partial charge in [-0.15, -0.1) is 0 Å². The quantitative estimate of drug-likeness (QED) is 0.414. The average Bonchev–Trinajstić information content (AvgIpc) is 2.81. The summed E-state index contributed by atoms with van der Waals surface area (Å²) in [4.78, 5) is 21.8. The number of nitrogens with zero attached hydrogens (tertiary/aromatic N) is 3. The molecular formula is C25H43N5O. The van der Waals surface area contributed by atoms with Gasteiger partial charge in [0.25, 0.3) is 5.91 Å². The van der Waals surface area contributed by atoms with E-state index < -0.39 is 0 Å². The molecule has 0 aliphatic carbocycles. The Balaban J connectivity index is 1.85. The summed E-state index contributed by atoms with van der Waals surface area (Å²) >= 11 is 0. The highest BCUT2D eigenvalue weighted by molar-refractivity contribution is 5.94. The first-order chi connectivity index (χ1) is 15.1. The first-order valence-corrected chi connectivity index (χ1v) is 12.2. The van der Waals surface area contributed by atoms with Gasteiger partial charge in [-0.1, -0.05) is 26.0 Å². The third-order valence-corrected chi connectivity index (χ3v) is 6.00. The lowest BCUT2D eigenvalue weighted by Gasteiger charge is -2.26. The molecule has 1 fully saturated rings. The zero-order valence-electron chi connectivity index (χ0n) is 20.1. The first kappa shape index (κ1) is 25.2. The Morgan fingerprint density at radius 2 is 1.77 bits per heavy atom. The lowest BCUT2D eigenvalue weighted by atomic mass is 10.1. The highest BCUT2D eigenvalue weighted by Crippen LogP contribution is 2.14. The molecular weight excluding hydrogens is 386 g/mol. The van der Waals surface area contributed by atoms with Crippen LogP contribution in [0.25, 0.3) is 0 Å². The van der Waals surface area contributed by atoms with Gasteiger partial charge in [-0.25, -0.2) is 4.99 Å². The van der Waals surface area contributed by atoms with Crippen LogP contribution in [0.3, 0.4) is 0 Å². The summed E-state index contributed by atoms with van der Waals surface area (Å²) in [7, 11) is 0. The zero-order chi connectivity index (χ0) is 22.5. The van der Waals surface area contributed by atoms with Crippen LogP contribution in [0.5, 0.6) is 0 Å². The molecule has 31 heavy (non-hydrogen) atoms. The highest BCUT2D eigenvalue weighted by Gasteiger charge is 2.17. The number of likely N-dealkylation sites (tertiary alicyclic amines) is 1. The number of amides is 1. The van der Waals surface area contributed by atoms with Gasteiger partial charge in [0.2, 0.25) is 0 Å². The number of hydrogen-bond acceptors (Lipinski definition) is 3. The summed E-state index contributed by atoms with van der Waals surface area (Å²) in [6.45, 7) is 15.3. The van der Waals surface area contributed by atoms with Gasteiger partial charge in [0.1, 0.15) is 0 Å². The molecule has 0 saturated carbocycles. The van der Waals surface area contributed by atoms with E-state index in [1.165, 1.54) is 12.8 Å². The highest BCUT2D eigenvalue weighted by atomic mass is 16.2. The minimum Gasteiger partial charge on any atom is -0.357 e. The molecule has 0 radical (unpaired) electrons. The second-order valence-corrected chi connectivity index (χ2v) is 8.46. The summed E-state index contributed by atoms with van der Waals surface area (Å²) in [6.07, 6.45) is 5.77. The number of carbonyl (C=O) groups is 1. The number of nitrogens with one attached hydrogen (secondary N) is 2. The van der Waals surface area contributed by atoms with E-state index in [2.05, 4.69) is 43.2 Å². The maximum absolute atomic E-state index is 12.6. The van der Waals surface area contributed by atoms with Gasteiger partial charge in [0.05, 0.1) is 6.54 Å². The molecule has 1 unspecified atom stereocenters. The maximum Gasteiger partial charge on any atom is 0.253 e. The van der Waals surface area contributed by atoms with Crippen LogP contribution in [0, 0.1) is 0 Å². The zero-order valence-corrected chi connectivity index (χ0v) is 20.1. The van der Waals surface area contributed by atoms with Crippen molar-refractivity contribution in [2.24, 2.45) is 4.99 Å². The Morgan fingerprint density at radius 1 is 1.10 bits per heavy atom. The van der Waals surface area contributed by atoms with E-state index in [1.54, 1.807) is 0 Å².